The lowest BCUT2D eigenvalue weighted by molar-refractivity contribution is 0.399. The summed E-state index contributed by atoms with van der Waals surface area (Å²) in [5.74, 6) is 2.37. The van der Waals surface area contributed by atoms with Crippen LogP contribution in [0.1, 0.15) is 22.3 Å². The molecule has 64 heavy (non-hydrogen) atoms. The molecule has 0 unspecified atom stereocenters. The first-order chi connectivity index (χ1) is 31.4. The van der Waals surface area contributed by atoms with Gasteiger partial charge in [-0.25, -0.2) is 0 Å². The average Bonchev–Trinajstić information content (AvgIpc) is 3.89. The van der Waals surface area contributed by atoms with Gasteiger partial charge in [0, 0.05) is 102 Å². The first-order valence-electron chi connectivity index (χ1n) is 21.1. The molecule has 0 bridgehead atoms. The topological polar surface area (TPSA) is 51.2 Å². The van der Waals surface area contributed by atoms with Crippen molar-refractivity contribution in [3.05, 3.63) is 242 Å². The van der Waals surface area contributed by atoms with Crippen molar-refractivity contribution in [2.24, 2.45) is 0 Å². The summed E-state index contributed by atoms with van der Waals surface area (Å²) in [7, 11) is 0. The van der Waals surface area contributed by atoms with E-state index in [0.717, 1.165) is 100 Å². The summed E-state index contributed by atoms with van der Waals surface area (Å²) in [6.07, 6.45) is 1.92. The van der Waals surface area contributed by atoms with Crippen molar-refractivity contribution in [3.63, 3.8) is 0 Å². The Morgan fingerprint density at radius 3 is 1.66 bits per heavy atom. The number of fused-ring (bicyclic) bond motifs is 10. The van der Waals surface area contributed by atoms with Crippen molar-refractivity contribution in [2.75, 3.05) is 9.80 Å². The van der Waals surface area contributed by atoms with E-state index in [2.05, 4.69) is 127 Å². The third kappa shape index (κ3) is 5.88. The Labute approximate surface area is 369 Å². The highest BCUT2D eigenvalue weighted by molar-refractivity contribution is 6.07. The summed E-state index contributed by atoms with van der Waals surface area (Å²) >= 11 is 0. The van der Waals surface area contributed by atoms with E-state index in [1.165, 1.54) is 0 Å². The number of ether oxygens (including phenoxy) is 2. The number of para-hydroxylation sites is 4. The van der Waals surface area contributed by atoms with Crippen LogP contribution in [0.4, 0.5) is 28.4 Å². The van der Waals surface area contributed by atoms with Crippen LogP contribution in [0.5, 0.6) is 11.5 Å². The predicted octanol–water partition coefficient (Wildman–Crippen LogP) is 16.4. The molecule has 12 rings (SSSR count). The lowest BCUT2D eigenvalue weighted by Gasteiger charge is -2.32. The zero-order valence-electron chi connectivity index (χ0n) is 34.7. The molecule has 0 atom stereocenters. The molecule has 2 aliphatic rings. The van der Waals surface area contributed by atoms with E-state index in [1.807, 2.05) is 91.0 Å². The van der Waals surface area contributed by atoms with Crippen LogP contribution in [0.2, 0.25) is 0 Å². The Morgan fingerprint density at radius 2 is 0.969 bits per heavy atom. The van der Waals surface area contributed by atoms with Crippen molar-refractivity contribution >= 4 is 89.2 Å². The van der Waals surface area contributed by atoms with E-state index in [-0.39, 0.29) is 0 Å². The third-order valence-corrected chi connectivity index (χ3v) is 12.2. The fraction of sp³-hybridized carbons (Fsp3) is 0. The quantitative estimate of drug-likeness (QED) is 0.160. The number of hydrogen-bond acceptors (Lipinski definition) is 6. The zero-order valence-corrected chi connectivity index (χ0v) is 34.7. The molecular weight excluding hydrogens is 789 g/mol. The number of benzene rings is 8. The van der Waals surface area contributed by atoms with E-state index < -0.39 is 0 Å². The molecule has 10 aromatic rings. The fourth-order valence-corrected chi connectivity index (χ4v) is 9.25. The van der Waals surface area contributed by atoms with Crippen LogP contribution in [0, 0.1) is 0 Å². The normalized spacial score (nSPS) is 13.8. The molecule has 0 saturated heterocycles. The second-order valence-electron chi connectivity index (χ2n) is 16.0. The van der Waals surface area contributed by atoms with Crippen molar-refractivity contribution in [1.82, 2.24) is 0 Å². The molecule has 6 nitrogen and oxygen atoms in total. The molecule has 0 fully saturated rings. The largest absolute Gasteiger partial charge is 0.457 e. The van der Waals surface area contributed by atoms with Gasteiger partial charge < -0.3 is 28.1 Å². The SMILES string of the molecule is C=C1C(=CC(=C)N(c2ccccc2)c2ccc3c(c2)oc2ccccc23)OC(=C)c2c1ccc1c2C(=C)c2ccc(N(c3ccccc3)c3ccc4c(c3)oc3ccccc34)cc2O1. The van der Waals surface area contributed by atoms with Gasteiger partial charge in [0.15, 0.2) is 0 Å². The Bertz CT molecular complexity index is 3650. The Kier molecular flexibility index (Phi) is 8.36. The first kappa shape index (κ1) is 37.1. The zero-order chi connectivity index (χ0) is 43.1. The lowest BCUT2D eigenvalue weighted by atomic mass is 9.84. The van der Waals surface area contributed by atoms with Gasteiger partial charge in [0.25, 0.3) is 0 Å². The molecule has 304 valence electrons. The summed E-state index contributed by atoms with van der Waals surface area (Å²) < 4.78 is 25.9. The van der Waals surface area contributed by atoms with Crippen molar-refractivity contribution < 1.29 is 18.3 Å². The highest BCUT2D eigenvalue weighted by atomic mass is 16.5. The van der Waals surface area contributed by atoms with Gasteiger partial charge in [-0.1, -0.05) is 99.1 Å². The van der Waals surface area contributed by atoms with Gasteiger partial charge in [-0.2, -0.15) is 0 Å². The molecule has 0 amide bonds. The summed E-state index contributed by atoms with van der Waals surface area (Å²) in [6.45, 7) is 18.2. The summed E-state index contributed by atoms with van der Waals surface area (Å²) in [5.41, 5.74) is 13.6. The van der Waals surface area contributed by atoms with Gasteiger partial charge >= 0.3 is 0 Å². The number of furan rings is 2. The second-order valence-corrected chi connectivity index (χ2v) is 16.0. The van der Waals surface area contributed by atoms with Crippen LogP contribution in [0.25, 0.3) is 60.8 Å². The summed E-state index contributed by atoms with van der Waals surface area (Å²) in [5, 5.41) is 4.29. The van der Waals surface area contributed by atoms with Gasteiger partial charge in [0.1, 0.15) is 45.3 Å². The molecule has 4 heterocycles. The van der Waals surface area contributed by atoms with Crippen LogP contribution < -0.4 is 14.5 Å². The molecule has 0 N–H and O–H groups in total. The molecule has 6 heteroatoms. The van der Waals surface area contributed by atoms with Crippen molar-refractivity contribution in [2.45, 2.75) is 0 Å². The smallest absolute Gasteiger partial charge is 0.137 e. The van der Waals surface area contributed by atoms with E-state index in [0.29, 0.717) is 34.3 Å². The van der Waals surface area contributed by atoms with Crippen LogP contribution in [0.3, 0.4) is 0 Å². The van der Waals surface area contributed by atoms with Crippen molar-refractivity contribution in [1.29, 1.82) is 0 Å². The van der Waals surface area contributed by atoms with E-state index in [1.54, 1.807) is 0 Å². The minimum atomic E-state index is 0.467. The van der Waals surface area contributed by atoms with Crippen LogP contribution in [-0.2, 0) is 4.74 Å². The molecule has 8 aromatic carbocycles. The van der Waals surface area contributed by atoms with Gasteiger partial charge in [0.05, 0.1) is 0 Å². The Morgan fingerprint density at radius 1 is 0.422 bits per heavy atom. The summed E-state index contributed by atoms with van der Waals surface area (Å²) in [6, 6.07) is 59.5. The monoisotopic (exact) mass is 826 g/mol. The van der Waals surface area contributed by atoms with Crippen LogP contribution >= 0.6 is 0 Å². The molecular formula is C58H38N2O4. The molecule has 0 spiro atoms. The molecule has 2 aromatic heterocycles. The van der Waals surface area contributed by atoms with Gasteiger partial charge in [-0.15, -0.1) is 0 Å². The van der Waals surface area contributed by atoms with Crippen molar-refractivity contribution in [3.8, 4) is 11.5 Å². The Hall–Kier alpha value is -8.74. The number of hydrogen-bond donors (Lipinski definition) is 0. The molecule has 2 aliphatic heterocycles. The number of rotatable bonds is 7. The Balaban J connectivity index is 0.878. The summed E-state index contributed by atoms with van der Waals surface area (Å²) in [4.78, 5) is 4.29. The number of nitrogens with zero attached hydrogens (tertiary/aromatic N) is 2. The highest BCUT2D eigenvalue weighted by Gasteiger charge is 2.32. The van der Waals surface area contributed by atoms with Gasteiger partial charge in [-0.05, 0) is 96.1 Å². The molecule has 0 saturated carbocycles. The maximum atomic E-state index is 6.77. The fourth-order valence-electron chi connectivity index (χ4n) is 9.25. The molecule has 0 radical (unpaired) electrons. The highest BCUT2D eigenvalue weighted by Crippen LogP contribution is 2.52. The first-order valence-corrected chi connectivity index (χ1v) is 21.1. The number of anilines is 5. The van der Waals surface area contributed by atoms with E-state index in [9.17, 15) is 0 Å². The van der Waals surface area contributed by atoms with E-state index >= 15 is 0 Å². The minimum absolute atomic E-state index is 0.467. The number of allylic oxidation sites excluding steroid dienone is 2. The maximum Gasteiger partial charge on any atom is 0.137 e. The predicted molar refractivity (Wildman–Crippen MR) is 262 cm³/mol. The standard InChI is InChI=1S/C58H38N2O4/c1-35(59(39-15-7-5-8-16-39)41-24-27-48-46-19-11-13-21-50(46)62-55(48)32-41)31-53-36(2)45-29-30-52-57(58(45)38(4)61-53)37(3)44-26-23-42(33-54(44)64-52)60(40-17-9-6-10-18-40)43-25-28-49-47-20-12-14-22-51(47)63-56(49)34-43/h5-34H,1-4H2. The lowest BCUT2D eigenvalue weighted by Crippen LogP contribution is -2.16. The molecule has 0 aliphatic carbocycles. The van der Waals surface area contributed by atoms with Gasteiger partial charge in [0.2, 0.25) is 0 Å². The van der Waals surface area contributed by atoms with Crippen LogP contribution in [-0.4, -0.2) is 0 Å². The minimum Gasteiger partial charge on any atom is -0.457 e. The maximum absolute atomic E-state index is 6.77. The third-order valence-electron chi connectivity index (χ3n) is 12.2. The van der Waals surface area contributed by atoms with Crippen LogP contribution in [0.15, 0.2) is 229 Å². The van der Waals surface area contributed by atoms with Gasteiger partial charge in [-0.3, -0.25) is 0 Å². The average molecular weight is 827 g/mol. The van der Waals surface area contributed by atoms with E-state index in [4.69, 9.17) is 18.3 Å². The second kappa shape index (κ2) is 14.4.